The van der Waals surface area contributed by atoms with Gasteiger partial charge in [0.05, 0.1) is 11.2 Å². The average molecular weight is 335 g/mol. The van der Waals surface area contributed by atoms with E-state index in [9.17, 15) is 0 Å². The van der Waals surface area contributed by atoms with Gasteiger partial charge in [-0.15, -0.1) is 11.8 Å². The third kappa shape index (κ3) is 2.76. The van der Waals surface area contributed by atoms with E-state index in [0.717, 1.165) is 30.2 Å². The standard InChI is InChI=1S/C20H21N3S/c1-14-3-6-17(7-4-14)23-19-13-16(15-9-11-21-12-10-15)5-8-18(19)20(22-23)24-2/h3-9,13,21H,10-12H2,1-2H3. The summed E-state index contributed by atoms with van der Waals surface area (Å²) >= 11 is 1.70. The zero-order valence-corrected chi connectivity index (χ0v) is 14.9. The van der Waals surface area contributed by atoms with Crippen LogP contribution in [0.1, 0.15) is 17.5 Å². The Morgan fingerprint density at radius 2 is 1.96 bits per heavy atom. The van der Waals surface area contributed by atoms with Crippen LogP contribution in [0, 0.1) is 6.92 Å². The van der Waals surface area contributed by atoms with Gasteiger partial charge in [-0.05, 0) is 61.5 Å². The van der Waals surface area contributed by atoms with Gasteiger partial charge in [0.1, 0.15) is 5.03 Å². The summed E-state index contributed by atoms with van der Waals surface area (Å²) in [7, 11) is 0. The fourth-order valence-corrected chi connectivity index (χ4v) is 3.76. The molecule has 3 nitrogen and oxygen atoms in total. The largest absolute Gasteiger partial charge is 0.313 e. The Bertz CT molecular complexity index is 907. The van der Waals surface area contributed by atoms with Crippen LogP contribution in [0.15, 0.2) is 53.6 Å². The van der Waals surface area contributed by atoms with Crippen molar-refractivity contribution in [2.24, 2.45) is 0 Å². The predicted octanol–water partition coefficient (Wildman–Crippen LogP) is 4.43. The quantitative estimate of drug-likeness (QED) is 0.718. The highest BCUT2D eigenvalue weighted by Crippen LogP contribution is 2.31. The number of fused-ring (bicyclic) bond motifs is 1. The molecule has 2 aromatic carbocycles. The summed E-state index contributed by atoms with van der Waals surface area (Å²) in [6.07, 6.45) is 5.47. The van der Waals surface area contributed by atoms with Crippen LogP contribution in [-0.2, 0) is 0 Å². The summed E-state index contributed by atoms with van der Waals surface area (Å²) in [5.41, 5.74) is 6.30. The number of hydrogen-bond donors (Lipinski definition) is 1. The third-order valence-corrected chi connectivity index (χ3v) is 5.24. The molecule has 24 heavy (non-hydrogen) atoms. The Kier molecular flexibility index (Phi) is 4.17. The topological polar surface area (TPSA) is 29.9 Å². The molecule has 0 radical (unpaired) electrons. The molecule has 4 rings (SSSR count). The van der Waals surface area contributed by atoms with Crippen molar-refractivity contribution in [2.45, 2.75) is 18.4 Å². The first-order chi connectivity index (χ1) is 11.8. The molecule has 122 valence electrons. The highest BCUT2D eigenvalue weighted by Gasteiger charge is 2.14. The molecule has 1 N–H and O–H groups in total. The monoisotopic (exact) mass is 335 g/mol. The van der Waals surface area contributed by atoms with E-state index in [1.54, 1.807) is 11.8 Å². The maximum atomic E-state index is 4.84. The molecule has 0 unspecified atom stereocenters. The van der Waals surface area contributed by atoms with Crippen LogP contribution in [-0.4, -0.2) is 29.1 Å². The number of rotatable bonds is 3. The number of benzene rings is 2. The highest BCUT2D eigenvalue weighted by atomic mass is 32.2. The second-order valence-electron chi connectivity index (χ2n) is 6.17. The summed E-state index contributed by atoms with van der Waals surface area (Å²) in [6, 6.07) is 15.3. The minimum Gasteiger partial charge on any atom is -0.313 e. The van der Waals surface area contributed by atoms with Crippen molar-refractivity contribution in [2.75, 3.05) is 19.3 Å². The van der Waals surface area contributed by atoms with Gasteiger partial charge in [-0.25, -0.2) is 4.68 Å². The molecule has 0 saturated heterocycles. The first kappa shape index (κ1) is 15.5. The fraction of sp³-hybridized carbons (Fsp3) is 0.250. The Labute approximate surface area is 146 Å². The Morgan fingerprint density at radius 3 is 2.67 bits per heavy atom. The normalized spacial score (nSPS) is 14.8. The van der Waals surface area contributed by atoms with Crippen molar-refractivity contribution in [1.82, 2.24) is 15.1 Å². The summed E-state index contributed by atoms with van der Waals surface area (Å²) in [6.45, 7) is 4.12. The van der Waals surface area contributed by atoms with E-state index in [1.807, 2.05) is 0 Å². The van der Waals surface area contributed by atoms with E-state index in [1.165, 1.54) is 27.6 Å². The molecule has 0 aliphatic carbocycles. The molecule has 0 spiro atoms. The lowest BCUT2D eigenvalue weighted by molar-refractivity contribution is 0.738. The van der Waals surface area contributed by atoms with E-state index >= 15 is 0 Å². The minimum absolute atomic E-state index is 0.959. The zero-order chi connectivity index (χ0) is 16.5. The third-order valence-electron chi connectivity index (χ3n) is 4.55. The van der Waals surface area contributed by atoms with Gasteiger partial charge in [-0.3, -0.25) is 0 Å². The molecule has 0 amide bonds. The van der Waals surface area contributed by atoms with Gasteiger partial charge in [-0.1, -0.05) is 29.8 Å². The average Bonchev–Trinajstić information content (AvgIpc) is 3.01. The van der Waals surface area contributed by atoms with E-state index in [-0.39, 0.29) is 0 Å². The molecule has 1 aliphatic rings. The summed E-state index contributed by atoms with van der Waals surface area (Å²) in [5, 5.41) is 10.5. The second-order valence-corrected chi connectivity index (χ2v) is 6.97. The van der Waals surface area contributed by atoms with Crippen LogP contribution in [0.2, 0.25) is 0 Å². The van der Waals surface area contributed by atoms with Gasteiger partial charge in [0.2, 0.25) is 0 Å². The maximum Gasteiger partial charge on any atom is 0.126 e. The van der Waals surface area contributed by atoms with E-state index in [0.29, 0.717) is 0 Å². The number of aromatic nitrogens is 2. The van der Waals surface area contributed by atoms with Crippen molar-refractivity contribution in [3.63, 3.8) is 0 Å². The van der Waals surface area contributed by atoms with E-state index in [4.69, 9.17) is 5.10 Å². The predicted molar refractivity (Wildman–Crippen MR) is 103 cm³/mol. The summed E-state index contributed by atoms with van der Waals surface area (Å²) < 4.78 is 2.08. The van der Waals surface area contributed by atoms with Gasteiger partial charge in [0, 0.05) is 11.9 Å². The van der Waals surface area contributed by atoms with Gasteiger partial charge < -0.3 is 5.32 Å². The molecule has 0 saturated carbocycles. The van der Waals surface area contributed by atoms with Crippen molar-refractivity contribution >= 4 is 28.2 Å². The lowest BCUT2D eigenvalue weighted by atomic mass is 9.99. The SMILES string of the molecule is CSc1nn(-c2ccc(C)cc2)c2cc(C3=CCNCC3)ccc12. The number of nitrogens with zero attached hydrogens (tertiary/aromatic N) is 2. The molecular formula is C20H21N3S. The van der Waals surface area contributed by atoms with Crippen molar-refractivity contribution in [3.05, 3.63) is 59.7 Å². The van der Waals surface area contributed by atoms with Crippen LogP contribution in [0.3, 0.4) is 0 Å². The van der Waals surface area contributed by atoms with Gasteiger partial charge in [0.15, 0.2) is 0 Å². The molecule has 0 fully saturated rings. The fourth-order valence-electron chi connectivity index (χ4n) is 3.20. The number of thioether (sulfide) groups is 1. The lowest BCUT2D eigenvalue weighted by Crippen LogP contribution is -2.19. The zero-order valence-electron chi connectivity index (χ0n) is 14.0. The smallest absolute Gasteiger partial charge is 0.126 e. The molecule has 0 atom stereocenters. The van der Waals surface area contributed by atoms with Crippen molar-refractivity contribution in [3.8, 4) is 5.69 Å². The van der Waals surface area contributed by atoms with Gasteiger partial charge in [-0.2, -0.15) is 5.10 Å². The highest BCUT2D eigenvalue weighted by molar-refractivity contribution is 7.98. The molecular weight excluding hydrogens is 314 g/mol. The minimum atomic E-state index is 0.959. The van der Waals surface area contributed by atoms with Gasteiger partial charge in [0.25, 0.3) is 0 Å². The van der Waals surface area contributed by atoms with E-state index in [2.05, 4.69) is 71.7 Å². The lowest BCUT2D eigenvalue weighted by Gasteiger charge is -2.14. The summed E-state index contributed by atoms with van der Waals surface area (Å²) in [4.78, 5) is 0. The molecule has 4 heteroatoms. The van der Waals surface area contributed by atoms with Crippen LogP contribution in [0.5, 0.6) is 0 Å². The van der Waals surface area contributed by atoms with Crippen LogP contribution in [0.25, 0.3) is 22.2 Å². The van der Waals surface area contributed by atoms with Crippen LogP contribution >= 0.6 is 11.8 Å². The Balaban J connectivity index is 1.89. The Morgan fingerprint density at radius 1 is 1.12 bits per heavy atom. The number of nitrogens with one attached hydrogen (secondary N) is 1. The molecule has 1 aromatic heterocycles. The van der Waals surface area contributed by atoms with Gasteiger partial charge >= 0.3 is 0 Å². The van der Waals surface area contributed by atoms with Crippen molar-refractivity contribution < 1.29 is 0 Å². The van der Waals surface area contributed by atoms with E-state index < -0.39 is 0 Å². The molecule has 2 heterocycles. The first-order valence-corrected chi connectivity index (χ1v) is 9.52. The summed E-state index contributed by atoms with van der Waals surface area (Å²) in [5.74, 6) is 0. The van der Waals surface area contributed by atoms with Crippen LogP contribution in [0.4, 0.5) is 0 Å². The second kappa shape index (κ2) is 6.46. The first-order valence-electron chi connectivity index (χ1n) is 8.30. The number of aryl methyl sites for hydroxylation is 1. The number of hydrogen-bond acceptors (Lipinski definition) is 3. The molecule has 0 bridgehead atoms. The Hall–Kier alpha value is -2.04. The molecule has 3 aromatic rings. The van der Waals surface area contributed by atoms with Crippen LogP contribution < -0.4 is 5.32 Å². The van der Waals surface area contributed by atoms with Crippen molar-refractivity contribution in [1.29, 1.82) is 0 Å². The molecule has 1 aliphatic heterocycles. The maximum absolute atomic E-state index is 4.84.